The van der Waals surface area contributed by atoms with E-state index in [2.05, 4.69) is 27.7 Å². The van der Waals surface area contributed by atoms with Crippen molar-refractivity contribution in [3.05, 3.63) is 36.4 Å². The number of rotatable bonds is 5. The Morgan fingerprint density at radius 3 is 2.36 bits per heavy atom. The molecule has 1 aliphatic heterocycles. The van der Waals surface area contributed by atoms with Crippen LogP contribution in [0.3, 0.4) is 0 Å². The maximum Gasteiger partial charge on any atom is 0.238 e. The third-order valence-electron chi connectivity index (χ3n) is 4.55. The first-order valence-corrected chi connectivity index (χ1v) is 8.86. The topological polar surface area (TPSA) is 70.7 Å². The molecule has 0 bridgehead atoms. The van der Waals surface area contributed by atoms with Crippen LogP contribution in [0, 0.1) is 5.92 Å². The highest BCUT2D eigenvalue weighted by Gasteiger charge is 2.18. The van der Waals surface area contributed by atoms with E-state index in [0.717, 1.165) is 43.7 Å². The molecule has 0 saturated carbocycles. The summed E-state index contributed by atoms with van der Waals surface area (Å²) >= 11 is 0. The first-order valence-electron chi connectivity index (χ1n) is 8.86. The normalized spacial score (nSPS) is 20.9. The van der Waals surface area contributed by atoms with Gasteiger partial charge in [0.2, 0.25) is 11.8 Å². The minimum Gasteiger partial charge on any atom is -0.379 e. The summed E-state index contributed by atoms with van der Waals surface area (Å²) in [5.74, 6) is 0.0824. The van der Waals surface area contributed by atoms with E-state index in [1.165, 1.54) is 0 Å². The number of carbonyl (C=O) groups excluding carboxylic acids is 2. The summed E-state index contributed by atoms with van der Waals surface area (Å²) in [4.78, 5) is 26.4. The number of allylic oxidation sites excluding steroid dienone is 2. The van der Waals surface area contributed by atoms with Gasteiger partial charge in [0, 0.05) is 30.4 Å². The fraction of sp³-hybridized carbons (Fsp3) is 0.474. The van der Waals surface area contributed by atoms with E-state index >= 15 is 0 Å². The lowest BCUT2D eigenvalue weighted by atomic mass is 9.93. The van der Waals surface area contributed by atoms with Gasteiger partial charge >= 0.3 is 0 Å². The molecule has 0 radical (unpaired) electrons. The molecule has 3 rings (SSSR count). The molecule has 1 saturated heterocycles. The van der Waals surface area contributed by atoms with Crippen molar-refractivity contribution in [2.75, 3.05) is 43.5 Å². The SMILES string of the molecule is O=C(CN1CCOCC1)Nc1ccc(NC(=O)C2CC=CCC2)cc1. The van der Waals surface area contributed by atoms with E-state index in [-0.39, 0.29) is 17.7 Å². The maximum atomic E-state index is 12.2. The van der Waals surface area contributed by atoms with Gasteiger partial charge in [0.25, 0.3) is 0 Å². The fourth-order valence-electron chi connectivity index (χ4n) is 3.08. The summed E-state index contributed by atoms with van der Waals surface area (Å²) in [5, 5.41) is 5.84. The average Bonchev–Trinajstić information content (AvgIpc) is 2.65. The van der Waals surface area contributed by atoms with Gasteiger partial charge in [-0.15, -0.1) is 0 Å². The Balaban J connectivity index is 1.47. The zero-order valence-electron chi connectivity index (χ0n) is 14.4. The average molecular weight is 343 g/mol. The lowest BCUT2D eigenvalue weighted by Gasteiger charge is -2.25. The van der Waals surface area contributed by atoms with Gasteiger partial charge < -0.3 is 15.4 Å². The Hall–Kier alpha value is -2.18. The zero-order chi connectivity index (χ0) is 17.5. The van der Waals surface area contributed by atoms with Crippen molar-refractivity contribution in [2.24, 2.45) is 5.92 Å². The van der Waals surface area contributed by atoms with Crippen LogP contribution < -0.4 is 10.6 Å². The third-order valence-corrected chi connectivity index (χ3v) is 4.55. The molecular weight excluding hydrogens is 318 g/mol. The van der Waals surface area contributed by atoms with Crippen molar-refractivity contribution in [1.82, 2.24) is 4.90 Å². The molecular formula is C19H25N3O3. The largest absolute Gasteiger partial charge is 0.379 e. The van der Waals surface area contributed by atoms with Crippen molar-refractivity contribution in [2.45, 2.75) is 19.3 Å². The Bertz CT molecular complexity index is 621. The summed E-state index contributed by atoms with van der Waals surface area (Å²) in [5.41, 5.74) is 1.49. The van der Waals surface area contributed by atoms with Crippen LogP contribution in [0.2, 0.25) is 0 Å². The first-order chi connectivity index (χ1) is 12.2. The molecule has 1 atom stereocenters. The first kappa shape index (κ1) is 17.6. The Morgan fingerprint density at radius 2 is 1.72 bits per heavy atom. The number of anilines is 2. The van der Waals surface area contributed by atoms with E-state index in [1.807, 2.05) is 24.3 Å². The number of benzene rings is 1. The monoisotopic (exact) mass is 343 g/mol. The highest BCUT2D eigenvalue weighted by Crippen LogP contribution is 2.21. The van der Waals surface area contributed by atoms with E-state index in [1.54, 1.807) is 0 Å². The minimum absolute atomic E-state index is 0.0346. The van der Waals surface area contributed by atoms with Crippen LogP contribution in [0.25, 0.3) is 0 Å². The van der Waals surface area contributed by atoms with Crippen LogP contribution in [-0.2, 0) is 14.3 Å². The molecule has 1 aromatic rings. The molecule has 1 aromatic carbocycles. The Kier molecular flexibility index (Phi) is 6.19. The number of hydrogen-bond acceptors (Lipinski definition) is 4. The lowest BCUT2D eigenvalue weighted by molar-refractivity contribution is -0.120. The maximum absolute atomic E-state index is 12.2. The van der Waals surface area contributed by atoms with Gasteiger partial charge in [-0.1, -0.05) is 12.2 Å². The molecule has 6 nitrogen and oxygen atoms in total. The van der Waals surface area contributed by atoms with Gasteiger partial charge in [0.15, 0.2) is 0 Å². The van der Waals surface area contributed by atoms with Gasteiger partial charge in [0.05, 0.1) is 19.8 Å². The molecule has 1 heterocycles. The molecule has 2 amide bonds. The smallest absolute Gasteiger partial charge is 0.238 e. The van der Waals surface area contributed by atoms with Crippen LogP contribution in [0.1, 0.15) is 19.3 Å². The summed E-state index contributed by atoms with van der Waals surface area (Å²) in [6, 6.07) is 7.27. The summed E-state index contributed by atoms with van der Waals surface area (Å²) in [6.45, 7) is 3.30. The van der Waals surface area contributed by atoms with Gasteiger partial charge in [-0.25, -0.2) is 0 Å². The van der Waals surface area contributed by atoms with Crippen LogP contribution >= 0.6 is 0 Å². The molecule has 0 spiro atoms. The second-order valence-corrected chi connectivity index (χ2v) is 6.48. The predicted molar refractivity (Wildman–Crippen MR) is 97.4 cm³/mol. The predicted octanol–water partition coefficient (Wildman–Crippen LogP) is 2.25. The van der Waals surface area contributed by atoms with Crippen LogP contribution in [-0.4, -0.2) is 49.6 Å². The molecule has 25 heavy (non-hydrogen) atoms. The van der Waals surface area contributed by atoms with E-state index < -0.39 is 0 Å². The van der Waals surface area contributed by atoms with Crippen LogP contribution in [0.5, 0.6) is 0 Å². The molecule has 2 aliphatic rings. The molecule has 2 N–H and O–H groups in total. The van der Waals surface area contributed by atoms with Crippen molar-refractivity contribution in [3.63, 3.8) is 0 Å². The number of ether oxygens (including phenoxy) is 1. The lowest BCUT2D eigenvalue weighted by Crippen LogP contribution is -2.41. The molecule has 6 heteroatoms. The molecule has 1 fully saturated rings. The number of hydrogen-bond donors (Lipinski definition) is 2. The van der Waals surface area contributed by atoms with Gasteiger partial charge in [-0.3, -0.25) is 14.5 Å². The highest BCUT2D eigenvalue weighted by molar-refractivity contribution is 5.94. The number of carbonyl (C=O) groups is 2. The van der Waals surface area contributed by atoms with Gasteiger partial charge in [0.1, 0.15) is 0 Å². The molecule has 1 unspecified atom stereocenters. The third kappa shape index (κ3) is 5.41. The quantitative estimate of drug-likeness (QED) is 0.805. The number of nitrogens with one attached hydrogen (secondary N) is 2. The van der Waals surface area contributed by atoms with Crippen LogP contribution in [0.15, 0.2) is 36.4 Å². The van der Waals surface area contributed by atoms with Crippen LogP contribution in [0.4, 0.5) is 11.4 Å². The summed E-state index contributed by atoms with van der Waals surface area (Å²) < 4.78 is 5.28. The van der Waals surface area contributed by atoms with E-state index in [9.17, 15) is 9.59 Å². The van der Waals surface area contributed by atoms with Crippen molar-refractivity contribution >= 4 is 23.2 Å². The molecule has 1 aliphatic carbocycles. The summed E-state index contributed by atoms with van der Waals surface area (Å²) in [7, 11) is 0. The van der Waals surface area contributed by atoms with Crippen molar-refractivity contribution in [3.8, 4) is 0 Å². The number of amides is 2. The standard InChI is InChI=1S/C19H25N3O3/c23-18(14-22-10-12-25-13-11-22)20-16-6-8-17(9-7-16)21-19(24)15-4-2-1-3-5-15/h1-2,6-9,15H,3-5,10-14H2,(H,20,23)(H,21,24). The zero-order valence-corrected chi connectivity index (χ0v) is 14.4. The number of morpholine rings is 1. The molecule has 0 aromatic heterocycles. The summed E-state index contributed by atoms with van der Waals surface area (Å²) in [6.07, 6.45) is 6.87. The Labute approximate surface area is 148 Å². The van der Waals surface area contributed by atoms with E-state index in [0.29, 0.717) is 19.8 Å². The van der Waals surface area contributed by atoms with Gasteiger partial charge in [-0.2, -0.15) is 0 Å². The van der Waals surface area contributed by atoms with Gasteiger partial charge in [-0.05, 0) is 43.5 Å². The van der Waals surface area contributed by atoms with E-state index in [4.69, 9.17) is 4.74 Å². The Morgan fingerprint density at radius 1 is 1.04 bits per heavy atom. The highest BCUT2D eigenvalue weighted by atomic mass is 16.5. The van der Waals surface area contributed by atoms with Crippen molar-refractivity contribution < 1.29 is 14.3 Å². The molecule has 134 valence electrons. The second-order valence-electron chi connectivity index (χ2n) is 6.48. The fourth-order valence-corrected chi connectivity index (χ4v) is 3.08. The second kappa shape index (κ2) is 8.78. The minimum atomic E-state index is -0.0346. The number of nitrogens with zero attached hydrogens (tertiary/aromatic N) is 1. The van der Waals surface area contributed by atoms with Crippen molar-refractivity contribution in [1.29, 1.82) is 0 Å².